The van der Waals surface area contributed by atoms with Crippen LogP contribution in [0.15, 0.2) is 48.5 Å². The first kappa shape index (κ1) is 29.8. The SMILES string of the molecule is C[C@H](C(=O)NC1CCCCC1)N(Cc1ccc(Cl)cc1)C(=O)CN(c1cccc(C(F)(F)F)c1)S(C)(=O)=O. The van der Waals surface area contributed by atoms with Crippen molar-refractivity contribution in [2.24, 2.45) is 0 Å². The summed E-state index contributed by atoms with van der Waals surface area (Å²) in [6, 6.07) is 9.37. The second-order valence-corrected chi connectivity index (χ2v) is 11.8. The van der Waals surface area contributed by atoms with E-state index in [1.165, 1.54) is 11.0 Å². The first-order valence-corrected chi connectivity index (χ1v) is 14.5. The lowest BCUT2D eigenvalue weighted by Gasteiger charge is -2.33. The monoisotopic (exact) mass is 573 g/mol. The van der Waals surface area contributed by atoms with Gasteiger partial charge in [-0.3, -0.25) is 13.9 Å². The highest BCUT2D eigenvalue weighted by atomic mass is 35.5. The van der Waals surface area contributed by atoms with Crippen LogP contribution >= 0.6 is 11.6 Å². The van der Waals surface area contributed by atoms with Gasteiger partial charge >= 0.3 is 6.18 Å². The van der Waals surface area contributed by atoms with Crippen LogP contribution in [0.4, 0.5) is 18.9 Å². The predicted molar refractivity (Wildman–Crippen MR) is 140 cm³/mol. The molecule has 2 aromatic rings. The van der Waals surface area contributed by atoms with Crippen LogP contribution in [0.25, 0.3) is 0 Å². The summed E-state index contributed by atoms with van der Waals surface area (Å²) < 4.78 is 65.6. The molecule has 0 aliphatic heterocycles. The van der Waals surface area contributed by atoms with Crippen molar-refractivity contribution in [1.29, 1.82) is 0 Å². The Labute approximate surface area is 226 Å². The zero-order chi connectivity index (χ0) is 28.1. The third kappa shape index (κ3) is 8.10. The molecule has 0 radical (unpaired) electrons. The molecule has 1 fully saturated rings. The third-order valence-electron chi connectivity index (χ3n) is 6.53. The van der Waals surface area contributed by atoms with Crippen LogP contribution < -0.4 is 9.62 Å². The Morgan fingerprint density at radius 1 is 1.08 bits per heavy atom. The average molecular weight is 574 g/mol. The van der Waals surface area contributed by atoms with E-state index < -0.39 is 40.3 Å². The number of benzene rings is 2. The van der Waals surface area contributed by atoms with Crippen molar-refractivity contribution in [1.82, 2.24) is 10.2 Å². The Balaban J connectivity index is 1.90. The van der Waals surface area contributed by atoms with Gasteiger partial charge in [-0.15, -0.1) is 0 Å². The molecule has 1 atom stereocenters. The van der Waals surface area contributed by atoms with Crippen LogP contribution in [0.3, 0.4) is 0 Å². The summed E-state index contributed by atoms with van der Waals surface area (Å²) in [5, 5.41) is 3.45. The molecular weight excluding hydrogens is 543 g/mol. The second kappa shape index (κ2) is 12.4. The van der Waals surface area contributed by atoms with Crippen molar-refractivity contribution in [2.45, 2.75) is 63.8 Å². The van der Waals surface area contributed by atoms with E-state index in [1.54, 1.807) is 31.2 Å². The number of nitrogens with one attached hydrogen (secondary N) is 1. The Kier molecular flexibility index (Phi) is 9.69. The molecule has 1 saturated carbocycles. The first-order valence-electron chi connectivity index (χ1n) is 12.2. The highest BCUT2D eigenvalue weighted by Crippen LogP contribution is 2.32. The number of hydrogen-bond acceptors (Lipinski definition) is 4. The second-order valence-electron chi connectivity index (χ2n) is 9.49. The van der Waals surface area contributed by atoms with Gasteiger partial charge in [0.05, 0.1) is 17.5 Å². The maximum absolute atomic E-state index is 13.6. The van der Waals surface area contributed by atoms with Gasteiger partial charge in [-0.1, -0.05) is 49.1 Å². The molecule has 0 bridgehead atoms. The number of amides is 2. The van der Waals surface area contributed by atoms with E-state index in [1.807, 2.05) is 0 Å². The molecule has 7 nitrogen and oxygen atoms in total. The molecule has 0 saturated heterocycles. The number of halogens is 4. The van der Waals surface area contributed by atoms with E-state index in [9.17, 15) is 31.2 Å². The number of alkyl halides is 3. The number of nitrogens with zero attached hydrogens (tertiary/aromatic N) is 2. The van der Waals surface area contributed by atoms with Crippen molar-refractivity contribution in [3.05, 3.63) is 64.7 Å². The van der Waals surface area contributed by atoms with Gasteiger partial charge in [-0.25, -0.2) is 8.42 Å². The predicted octanol–water partition coefficient (Wildman–Crippen LogP) is 4.99. The van der Waals surface area contributed by atoms with Crippen LogP contribution in [-0.2, 0) is 32.3 Å². The minimum atomic E-state index is -4.70. The standard InChI is InChI=1S/C26H31ClF3N3O4S/c1-18(25(35)31-22-8-4-3-5-9-22)32(16-19-11-13-21(27)14-12-19)24(34)17-33(38(2,36)37)23-10-6-7-20(15-23)26(28,29)30/h6-7,10-15,18,22H,3-5,8-9,16-17H2,1-2H3,(H,31,35)/t18-/m1/s1. The van der Waals surface area contributed by atoms with E-state index in [4.69, 9.17) is 11.6 Å². The minimum absolute atomic E-state index is 0.0104. The minimum Gasteiger partial charge on any atom is -0.352 e. The summed E-state index contributed by atoms with van der Waals surface area (Å²) in [5.74, 6) is -1.13. The Morgan fingerprint density at radius 2 is 1.71 bits per heavy atom. The maximum Gasteiger partial charge on any atom is 0.416 e. The molecule has 0 spiro atoms. The lowest BCUT2D eigenvalue weighted by molar-refractivity contribution is -0.139. The van der Waals surface area contributed by atoms with E-state index in [-0.39, 0.29) is 24.2 Å². The number of carbonyl (C=O) groups is 2. The summed E-state index contributed by atoms with van der Waals surface area (Å²) in [6.45, 7) is 0.727. The highest BCUT2D eigenvalue weighted by Gasteiger charge is 2.34. The normalized spacial score (nSPS) is 15.5. The third-order valence-corrected chi connectivity index (χ3v) is 7.92. The fraction of sp³-hybridized carbons (Fsp3) is 0.462. The Morgan fingerprint density at radius 3 is 2.29 bits per heavy atom. The maximum atomic E-state index is 13.6. The van der Waals surface area contributed by atoms with Gasteiger partial charge in [0, 0.05) is 17.6 Å². The number of carbonyl (C=O) groups excluding carboxylic acids is 2. The molecule has 2 aromatic carbocycles. The molecule has 1 aliphatic rings. The van der Waals surface area contributed by atoms with Gasteiger partial charge in [-0.05, 0) is 55.7 Å². The summed E-state index contributed by atoms with van der Waals surface area (Å²) >= 11 is 5.97. The number of rotatable bonds is 9. The topological polar surface area (TPSA) is 86.8 Å². The van der Waals surface area contributed by atoms with Gasteiger partial charge in [0.2, 0.25) is 21.8 Å². The molecule has 0 aromatic heterocycles. The van der Waals surface area contributed by atoms with Crippen molar-refractivity contribution in [3.8, 4) is 0 Å². The first-order chi connectivity index (χ1) is 17.8. The number of hydrogen-bond donors (Lipinski definition) is 1. The van der Waals surface area contributed by atoms with Crippen molar-refractivity contribution in [3.63, 3.8) is 0 Å². The van der Waals surface area contributed by atoms with Gasteiger partial charge < -0.3 is 10.2 Å². The van der Waals surface area contributed by atoms with Gasteiger partial charge in [0.25, 0.3) is 0 Å². The van der Waals surface area contributed by atoms with E-state index in [2.05, 4.69) is 5.32 Å². The van der Waals surface area contributed by atoms with E-state index in [0.717, 1.165) is 50.5 Å². The molecule has 1 N–H and O–H groups in total. The number of sulfonamides is 1. The summed E-state index contributed by atoms with van der Waals surface area (Å²) in [4.78, 5) is 27.9. The summed E-state index contributed by atoms with van der Waals surface area (Å²) in [6.07, 6.45) is 0.862. The molecule has 38 heavy (non-hydrogen) atoms. The fourth-order valence-corrected chi connectivity index (χ4v) is 5.36. The van der Waals surface area contributed by atoms with E-state index >= 15 is 0 Å². The van der Waals surface area contributed by atoms with Crippen LogP contribution in [0.5, 0.6) is 0 Å². The fourth-order valence-electron chi connectivity index (χ4n) is 4.39. The molecular formula is C26H31ClF3N3O4S. The van der Waals surface area contributed by atoms with Crippen molar-refractivity contribution < 1.29 is 31.2 Å². The molecule has 12 heteroatoms. The largest absolute Gasteiger partial charge is 0.416 e. The quantitative estimate of drug-likeness (QED) is 0.458. The van der Waals surface area contributed by atoms with Crippen LogP contribution in [0, 0.1) is 0 Å². The Hall–Kier alpha value is -2.79. The van der Waals surface area contributed by atoms with Crippen LogP contribution in [0.2, 0.25) is 5.02 Å². The van der Waals surface area contributed by atoms with Crippen molar-refractivity contribution >= 4 is 39.1 Å². The molecule has 0 heterocycles. The van der Waals surface area contributed by atoms with Crippen LogP contribution in [-0.4, -0.2) is 50.0 Å². The zero-order valence-corrected chi connectivity index (χ0v) is 22.7. The molecule has 208 valence electrons. The van der Waals surface area contributed by atoms with Crippen LogP contribution in [0.1, 0.15) is 50.2 Å². The molecule has 0 unspecified atom stereocenters. The van der Waals surface area contributed by atoms with Gasteiger partial charge in [0.1, 0.15) is 12.6 Å². The van der Waals surface area contributed by atoms with E-state index in [0.29, 0.717) is 21.0 Å². The molecule has 2 amide bonds. The summed E-state index contributed by atoms with van der Waals surface area (Å²) in [5.41, 5.74) is -0.708. The lowest BCUT2D eigenvalue weighted by Crippen LogP contribution is -2.53. The highest BCUT2D eigenvalue weighted by molar-refractivity contribution is 7.92. The average Bonchev–Trinajstić information content (AvgIpc) is 2.86. The van der Waals surface area contributed by atoms with Crippen molar-refractivity contribution in [2.75, 3.05) is 17.1 Å². The smallest absolute Gasteiger partial charge is 0.352 e. The zero-order valence-electron chi connectivity index (χ0n) is 21.2. The summed E-state index contributed by atoms with van der Waals surface area (Å²) in [7, 11) is -4.16. The Bertz CT molecular complexity index is 1230. The number of anilines is 1. The molecule has 1 aliphatic carbocycles. The lowest BCUT2D eigenvalue weighted by atomic mass is 9.95. The molecule has 3 rings (SSSR count). The van der Waals surface area contributed by atoms with Gasteiger partial charge in [-0.2, -0.15) is 13.2 Å². The van der Waals surface area contributed by atoms with Gasteiger partial charge in [0.15, 0.2) is 0 Å².